The fourth-order valence-corrected chi connectivity index (χ4v) is 7.96. The Labute approximate surface area is 303 Å². The molecule has 0 bridgehead atoms. The van der Waals surface area contributed by atoms with Crippen LogP contribution in [-0.2, 0) is 0 Å². The van der Waals surface area contributed by atoms with Crippen molar-refractivity contribution in [1.82, 2.24) is 19.9 Å². The van der Waals surface area contributed by atoms with Crippen LogP contribution in [-0.4, -0.2) is 19.9 Å². The van der Waals surface area contributed by atoms with Crippen molar-refractivity contribution >= 4 is 65.0 Å². The summed E-state index contributed by atoms with van der Waals surface area (Å²) in [6, 6.07) is 54.9. The lowest BCUT2D eigenvalue weighted by molar-refractivity contribution is 0.669. The fourth-order valence-electron chi connectivity index (χ4n) is 7.96. The van der Waals surface area contributed by atoms with Crippen LogP contribution in [0.1, 0.15) is 0 Å². The van der Waals surface area contributed by atoms with Crippen molar-refractivity contribution in [1.29, 1.82) is 0 Å². The van der Waals surface area contributed by atoms with Gasteiger partial charge in [0.1, 0.15) is 11.2 Å². The molecule has 0 unspecified atom stereocenters. The first kappa shape index (κ1) is 29.5. The third-order valence-electron chi connectivity index (χ3n) is 10.4. The van der Waals surface area contributed by atoms with E-state index >= 15 is 0 Å². The van der Waals surface area contributed by atoms with E-state index in [0.717, 1.165) is 65.9 Å². The van der Waals surface area contributed by atoms with Crippen LogP contribution in [0.15, 0.2) is 175 Å². The molecule has 11 aromatic rings. The lowest BCUT2D eigenvalue weighted by Gasteiger charge is -2.15. The SMILES string of the molecule is c1cc(-c2nc(-c3cccc4ccccc34)nc(-c3cccc4oc5ccccc5c34)n2)cc(-c2cc3ccccc3c3ccc4cnccc4c23)c1. The van der Waals surface area contributed by atoms with Gasteiger partial charge in [0, 0.05) is 45.2 Å². The van der Waals surface area contributed by atoms with Crippen molar-refractivity contribution in [2.45, 2.75) is 0 Å². The van der Waals surface area contributed by atoms with Crippen LogP contribution in [0.2, 0.25) is 0 Å². The minimum absolute atomic E-state index is 0.593. The summed E-state index contributed by atoms with van der Waals surface area (Å²) >= 11 is 0. The Bertz CT molecular complexity index is 3250. The van der Waals surface area contributed by atoms with Crippen LogP contribution in [0.4, 0.5) is 0 Å². The summed E-state index contributed by atoms with van der Waals surface area (Å²) in [6.07, 6.45) is 3.82. The molecule has 246 valence electrons. The highest BCUT2D eigenvalue weighted by atomic mass is 16.3. The van der Waals surface area contributed by atoms with Crippen molar-refractivity contribution in [3.05, 3.63) is 170 Å². The van der Waals surface area contributed by atoms with Gasteiger partial charge in [0.25, 0.3) is 0 Å². The van der Waals surface area contributed by atoms with Crippen LogP contribution >= 0.6 is 0 Å². The van der Waals surface area contributed by atoms with Crippen LogP contribution in [0.5, 0.6) is 0 Å². The average Bonchev–Trinajstić information content (AvgIpc) is 3.62. The molecule has 53 heavy (non-hydrogen) atoms. The van der Waals surface area contributed by atoms with E-state index in [0.29, 0.717) is 17.5 Å². The van der Waals surface area contributed by atoms with E-state index in [1.54, 1.807) is 0 Å². The lowest BCUT2D eigenvalue weighted by Crippen LogP contribution is -2.01. The van der Waals surface area contributed by atoms with Crippen LogP contribution < -0.4 is 0 Å². The van der Waals surface area contributed by atoms with Gasteiger partial charge in [0.2, 0.25) is 0 Å². The maximum atomic E-state index is 6.29. The van der Waals surface area contributed by atoms with Gasteiger partial charge in [-0.25, -0.2) is 15.0 Å². The van der Waals surface area contributed by atoms with Gasteiger partial charge in [-0.1, -0.05) is 127 Å². The van der Waals surface area contributed by atoms with Gasteiger partial charge in [0.05, 0.1) is 0 Å². The number of nitrogens with zero attached hydrogens (tertiary/aromatic N) is 4. The highest BCUT2D eigenvalue weighted by Crippen LogP contribution is 2.41. The molecule has 0 saturated heterocycles. The fraction of sp³-hybridized carbons (Fsp3) is 0. The van der Waals surface area contributed by atoms with E-state index in [2.05, 4.69) is 132 Å². The van der Waals surface area contributed by atoms with Gasteiger partial charge in [-0.3, -0.25) is 4.98 Å². The van der Waals surface area contributed by atoms with Gasteiger partial charge in [-0.05, 0) is 79.2 Å². The number of hydrogen-bond donors (Lipinski definition) is 0. The molecular weight excluding hydrogens is 649 g/mol. The topological polar surface area (TPSA) is 64.7 Å². The minimum Gasteiger partial charge on any atom is -0.456 e. The Kier molecular flexibility index (Phi) is 6.48. The second kappa shape index (κ2) is 11.7. The predicted molar refractivity (Wildman–Crippen MR) is 217 cm³/mol. The van der Waals surface area contributed by atoms with E-state index in [1.807, 2.05) is 42.7 Å². The van der Waals surface area contributed by atoms with Crippen LogP contribution in [0.3, 0.4) is 0 Å². The first-order valence-corrected chi connectivity index (χ1v) is 17.7. The third-order valence-corrected chi connectivity index (χ3v) is 10.4. The molecule has 0 fully saturated rings. The van der Waals surface area contributed by atoms with Crippen molar-refractivity contribution < 1.29 is 4.42 Å². The largest absolute Gasteiger partial charge is 0.456 e. The number of fused-ring (bicyclic) bond motifs is 9. The first-order chi connectivity index (χ1) is 26.3. The van der Waals surface area contributed by atoms with E-state index in [9.17, 15) is 0 Å². The molecule has 3 heterocycles. The van der Waals surface area contributed by atoms with Crippen molar-refractivity contribution in [2.75, 3.05) is 0 Å². The molecule has 0 radical (unpaired) electrons. The minimum atomic E-state index is 0.593. The molecule has 8 aromatic carbocycles. The summed E-state index contributed by atoms with van der Waals surface area (Å²) in [5.41, 5.74) is 6.61. The number of benzene rings is 8. The zero-order valence-electron chi connectivity index (χ0n) is 28.4. The standard InChI is InChI=1S/C48H28N4O/c1-3-15-34-29(10-1)12-8-18-38(34)47-50-46(51-48(52-47)40-19-9-21-43-45(40)39-17-5-6-20-42(39)53-43)32-14-7-13-30(26-32)41-27-31-11-2-4-16-35(31)37-23-22-33-28-49-25-24-36(33)44(37)41/h1-28H. The first-order valence-electron chi connectivity index (χ1n) is 17.7. The summed E-state index contributed by atoms with van der Waals surface area (Å²) in [5.74, 6) is 1.81. The second-order valence-electron chi connectivity index (χ2n) is 13.4. The maximum absolute atomic E-state index is 6.29. The number of aromatic nitrogens is 4. The second-order valence-corrected chi connectivity index (χ2v) is 13.4. The molecule has 3 aromatic heterocycles. The van der Waals surface area contributed by atoms with Crippen molar-refractivity contribution in [2.24, 2.45) is 0 Å². The molecular formula is C48H28N4O. The number of furan rings is 1. The van der Waals surface area contributed by atoms with Gasteiger partial charge in [0.15, 0.2) is 17.5 Å². The smallest absolute Gasteiger partial charge is 0.164 e. The molecule has 0 N–H and O–H groups in total. The molecule has 0 amide bonds. The highest BCUT2D eigenvalue weighted by Gasteiger charge is 2.19. The van der Waals surface area contributed by atoms with Crippen LogP contribution in [0.25, 0.3) is 110 Å². The quantitative estimate of drug-likeness (QED) is 0.174. The summed E-state index contributed by atoms with van der Waals surface area (Å²) < 4.78 is 6.29. The van der Waals surface area contributed by atoms with E-state index < -0.39 is 0 Å². The van der Waals surface area contributed by atoms with Gasteiger partial charge in [-0.15, -0.1) is 0 Å². The molecule has 0 aliphatic heterocycles. The van der Waals surface area contributed by atoms with Gasteiger partial charge >= 0.3 is 0 Å². The van der Waals surface area contributed by atoms with E-state index in [4.69, 9.17) is 19.4 Å². The van der Waals surface area contributed by atoms with E-state index in [-0.39, 0.29) is 0 Å². The number of hydrogen-bond acceptors (Lipinski definition) is 5. The summed E-state index contributed by atoms with van der Waals surface area (Å²) in [4.78, 5) is 20.1. The van der Waals surface area contributed by atoms with Crippen molar-refractivity contribution in [3.8, 4) is 45.3 Å². The highest BCUT2D eigenvalue weighted by molar-refractivity contribution is 6.23. The monoisotopic (exact) mass is 676 g/mol. The third kappa shape index (κ3) is 4.71. The summed E-state index contributed by atoms with van der Waals surface area (Å²) in [6.45, 7) is 0. The van der Waals surface area contributed by atoms with Gasteiger partial charge in [-0.2, -0.15) is 0 Å². The molecule has 0 saturated carbocycles. The number of rotatable bonds is 4. The zero-order valence-corrected chi connectivity index (χ0v) is 28.4. The zero-order chi connectivity index (χ0) is 34.9. The van der Waals surface area contributed by atoms with E-state index in [1.165, 1.54) is 26.9 Å². The Morgan fingerprint density at radius 3 is 1.96 bits per heavy atom. The molecule has 5 nitrogen and oxygen atoms in total. The molecule has 0 spiro atoms. The molecule has 11 rings (SSSR count). The van der Waals surface area contributed by atoms with Gasteiger partial charge < -0.3 is 4.42 Å². The molecule has 5 heteroatoms. The Hall–Kier alpha value is -7.24. The van der Waals surface area contributed by atoms with Crippen molar-refractivity contribution in [3.63, 3.8) is 0 Å². The molecule has 0 aliphatic rings. The lowest BCUT2D eigenvalue weighted by atomic mass is 9.90. The number of para-hydroxylation sites is 1. The normalized spacial score (nSPS) is 11.8. The Balaban J connectivity index is 1.18. The molecule has 0 atom stereocenters. The Morgan fingerprint density at radius 1 is 0.358 bits per heavy atom. The number of pyridine rings is 1. The van der Waals surface area contributed by atoms with Crippen LogP contribution in [0, 0.1) is 0 Å². The summed E-state index contributed by atoms with van der Waals surface area (Å²) in [7, 11) is 0. The molecule has 0 aliphatic carbocycles. The summed E-state index contributed by atoms with van der Waals surface area (Å²) in [5, 5.41) is 11.3. The Morgan fingerprint density at radius 2 is 1.04 bits per heavy atom. The maximum Gasteiger partial charge on any atom is 0.164 e. The predicted octanol–water partition coefficient (Wildman–Crippen LogP) is 12.4. The average molecular weight is 677 g/mol.